The lowest BCUT2D eigenvalue weighted by molar-refractivity contribution is -0.0949. The molecule has 2 N–H and O–H groups in total. The number of allylic oxidation sites excluding steroid dienone is 1. The molecule has 1 aromatic carbocycles. The summed E-state index contributed by atoms with van der Waals surface area (Å²) in [6.07, 6.45) is 6.96. The molecule has 0 bridgehead atoms. The summed E-state index contributed by atoms with van der Waals surface area (Å²) >= 11 is 0. The van der Waals surface area contributed by atoms with Crippen LogP contribution in [0.25, 0.3) is 0 Å². The number of aryl methyl sites for hydroxylation is 1. The van der Waals surface area contributed by atoms with Crippen LogP contribution in [-0.4, -0.2) is 37.4 Å². The highest BCUT2D eigenvalue weighted by Crippen LogP contribution is 2.44. The molecule has 29 heavy (non-hydrogen) atoms. The molecule has 0 aromatic heterocycles. The fraction of sp³-hybridized carbons (Fsp3) is 0.667. The van der Waals surface area contributed by atoms with E-state index < -0.39 is 15.0 Å². The summed E-state index contributed by atoms with van der Waals surface area (Å²) in [5, 5.41) is 20.1. The van der Waals surface area contributed by atoms with Gasteiger partial charge in [-0.25, -0.2) is 0 Å². The van der Waals surface area contributed by atoms with Crippen LogP contribution in [0.2, 0.25) is 13.1 Å². The third-order valence-electron chi connectivity index (χ3n) is 5.96. The Morgan fingerprint density at radius 3 is 2.38 bits per heavy atom. The molecule has 0 amide bonds. The fourth-order valence-electron chi connectivity index (χ4n) is 4.38. The summed E-state index contributed by atoms with van der Waals surface area (Å²) in [5.41, 5.74) is 1.55. The monoisotopic (exact) mass is 418 g/mol. The Bertz CT molecular complexity index is 663. The van der Waals surface area contributed by atoms with E-state index in [0.717, 1.165) is 12.8 Å². The van der Waals surface area contributed by atoms with Crippen LogP contribution in [0, 0.1) is 23.2 Å². The van der Waals surface area contributed by atoms with Crippen molar-refractivity contribution < 1.29 is 19.4 Å². The lowest BCUT2D eigenvalue weighted by atomic mass is 9.76. The van der Waals surface area contributed by atoms with Crippen LogP contribution in [-0.2, 0) is 15.6 Å². The van der Waals surface area contributed by atoms with Gasteiger partial charge in [0.1, 0.15) is 0 Å². The highest BCUT2D eigenvalue weighted by molar-refractivity contribution is 6.38. The van der Waals surface area contributed by atoms with Crippen LogP contribution in [0.3, 0.4) is 0 Å². The first-order valence-corrected chi connectivity index (χ1v) is 13.2. The molecule has 4 nitrogen and oxygen atoms in total. The van der Waals surface area contributed by atoms with Crippen molar-refractivity contribution in [1.29, 1.82) is 0 Å². The minimum Gasteiger partial charge on any atom is -0.392 e. The van der Waals surface area contributed by atoms with Gasteiger partial charge in [0.15, 0.2) is 6.29 Å². The van der Waals surface area contributed by atoms with E-state index in [0.29, 0.717) is 18.8 Å². The van der Waals surface area contributed by atoms with E-state index in [1.807, 2.05) is 0 Å². The van der Waals surface area contributed by atoms with Gasteiger partial charge in [0.2, 0.25) is 0 Å². The molecular weight excluding hydrogens is 380 g/mol. The molecule has 1 aromatic rings. The fourth-order valence-corrected chi connectivity index (χ4v) is 4.38. The van der Waals surface area contributed by atoms with Crippen LogP contribution < -0.4 is 0 Å². The predicted molar refractivity (Wildman–Crippen MR) is 118 cm³/mol. The summed E-state index contributed by atoms with van der Waals surface area (Å²) in [6.45, 7) is 10.3. The van der Waals surface area contributed by atoms with Gasteiger partial charge in [-0.05, 0) is 48.7 Å². The van der Waals surface area contributed by atoms with Gasteiger partial charge in [-0.2, -0.15) is 0 Å². The van der Waals surface area contributed by atoms with Crippen molar-refractivity contribution in [3.05, 3.63) is 48.0 Å². The van der Waals surface area contributed by atoms with Crippen LogP contribution in [0.1, 0.15) is 45.6 Å². The molecule has 1 aliphatic heterocycles. The van der Waals surface area contributed by atoms with Gasteiger partial charge in [0.05, 0.1) is 12.2 Å². The van der Waals surface area contributed by atoms with E-state index in [4.69, 9.17) is 4.74 Å². The number of fused-ring (bicyclic) bond motifs is 1. The van der Waals surface area contributed by atoms with Crippen LogP contribution in [0.15, 0.2) is 42.5 Å². The van der Waals surface area contributed by atoms with E-state index in [2.05, 4.69) is 63.3 Å². The highest BCUT2D eigenvalue weighted by atomic mass is 28.2. The quantitative estimate of drug-likeness (QED) is 0.541. The minimum absolute atomic E-state index is 0.0112. The van der Waals surface area contributed by atoms with Gasteiger partial charge >= 0.3 is 0 Å². The Labute approximate surface area is 177 Å². The number of ether oxygens (including phenoxy) is 1. The molecular formula is C24H38O4Si. The summed E-state index contributed by atoms with van der Waals surface area (Å²) < 4.78 is 15.2. The molecule has 1 heterocycles. The van der Waals surface area contributed by atoms with Crippen molar-refractivity contribution in [3.8, 4) is 0 Å². The maximum absolute atomic E-state index is 10.4. The number of hydrogen-bond donors (Lipinski definition) is 2. The third-order valence-corrected chi connectivity index (χ3v) is 5.96. The topological polar surface area (TPSA) is 66.8 Å². The zero-order valence-corrected chi connectivity index (χ0v) is 19.5. The minimum atomic E-state index is -1.13. The molecule has 2 aliphatic rings. The zero-order chi connectivity index (χ0) is 21.6. The lowest BCUT2D eigenvalue weighted by Gasteiger charge is -2.29. The Morgan fingerprint density at radius 1 is 1.17 bits per heavy atom. The molecule has 1 unspecified atom stereocenters. The van der Waals surface area contributed by atoms with Crippen LogP contribution in [0.4, 0.5) is 0 Å². The first-order chi connectivity index (χ1) is 13.6. The number of rotatable bonds is 5. The molecule has 1 aliphatic carbocycles. The van der Waals surface area contributed by atoms with E-state index in [-0.39, 0.29) is 29.5 Å². The van der Waals surface area contributed by atoms with Crippen molar-refractivity contribution in [2.24, 2.45) is 23.2 Å². The number of aliphatic hydroxyl groups excluding tert-OH is 2. The number of aliphatic hydroxyl groups is 2. The standard InChI is InChI=1S/C22H32O3.C2H6OSi/c1-22(2,3)16(10-9-15-7-5-4-6-8-15)11-12-17-18-13-21(24)25-20(18)14-19(17)23;1-4(2)3/h4-8,11-12,16-21,23-24H,9-10,13-14H2,1-3H3;1-2H3/b12-11+;/t16-,17+,18+,19+,20-,21?;/m0./s1. The van der Waals surface area contributed by atoms with E-state index >= 15 is 0 Å². The molecule has 1 saturated carbocycles. The Hall–Kier alpha value is -1.14. The second kappa shape index (κ2) is 10.8. The normalized spacial score (nSPS) is 30.0. The smallest absolute Gasteiger partial charge is 0.270 e. The first-order valence-electron chi connectivity index (χ1n) is 10.8. The average molecular weight is 419 g/mol. The molecule has 3 rings (SSSR count). The maximum atomic E-state index is 10.4. The van der Waals surface area contributed by atoms with Gasteiger partial charge < -0.3 is 19.4 Å². The second-order valence-electron chi connectivity index (χ2n) is 9.70. The van der Waals surface area contributed by atoms with E-state index in [1.165, 1.54) is 5.56 Å². The van der Waals surface area contributed by atoms with E-state index in [9.17, 15) is 14.7 Å². The second-order valence-corrected chi connectivity index (χ2v) is 11.5. The van der Waals surface area contributed by atoms with Crippen molar-refractivity contribution in [2.75, 3.05) is 0 Å². The molecule has 162 valence electrons. The van der Waals surface area contributed by atoms with Gasteiger partial charge in [0.25, 0.3) is 8.68 Å². The third kappa shape index (κ3) is 7.56. The van der Waals surface area contributed by atoms with Gasteiger partial charge in [-0.15, -0.1) is 0 Å². The summed E-state index contributed by atoms with van der Waals surface area (Å²) in [7, 11) is -1.13. The molecule has 6 atom stereocenters. The van der Waals surface area contributed by atoms with Crippen molar-refractivity contribution in [3.63, 3.8) is 0 Å². The lowest BCUT2D eigenvalue weighted by Crippen LogP contribution is -2.22. The Morgan fingerprint density at radius 2 is 1.79 bits per heavy atom. The Kier molecular flexibility index (Phi) is 8.95. The maximum Gasteiger partial charge on any atom is 0.270 e. The summed E-state index contributed by atoms with van der Waals surface area (Å²) in [4.78, 5) is 0. The SMILES string of the molecule is CC(C)(C)[C@H](/C=C/[C@@H]1[C@H]2CC(O)O[C@H]2C[C@H]1O)CCc1ccccc1.C[Si](C)=O. The highest BCUT2D eigenvalue weighted by Gasteiger charge is 2.47. The zero-order valence-electron chi connectivity index (χ0n) is 18.5. The average Bonchev–Trinajstić information content (AvgIpc) is 3.09. The van der Waals surface area contributed by atoms with Crippen molar-refractivity contribution in [1.82, 2.24) is 0 Å². The molecule has 0 spiro atoms. The molecule has 2 fully saturated rings. The van der Waals surface area contributed by atoms with Crippen molar-refractivity contribution in [2.45, 2.75) is 78.0 Å². The molecule has 0 radical (unpaired) electrons. The van der Waals surface area contributed by atoms with E-state index in [1.54, 1.807) is 13.1 Å². The summed E-state index contributed by atoms with van der Waals surface area (Å²) in [5.74, 6) is 0.797. The molecule has 1 saturated heterocycles. The summed E-state index contributed by atoms with van der Waals surface area (Å²) in [6, 6.07) is 10.6. The van der Waals surface area contributed by atoms with Gasteiger partial charge in [0, 0.05) is 18.8 Å². The largest absolute Gasteiger partial charge is 0.392 e. The van der Waals surface area contributed by atoms with Gasteiger partial charge in [-0.3, -0.25) is 0 Å². The predicted octanol–water partition coefficient (Wildman–Crippen LogP) is 4.61. The number of benzene rings is 1. The van der Waals surface area contributed by atoms with Crippen molar-refractivity contribution >= 4 is 8.68 Å². The Balaban J connectivity index is 0.000000687. The van der Waals surface area contributed by atoms with Gasteiger partial charge in [-0.1, -0.05) is 63.3 Å². The van der Waals surface area contributed by atoms with Crippen LogP contribution in [0.5, 0.6) is 0 Å². The number of hydrogen-bond acceptors (Lipinski definition) is 4. The molecule has 5 heteroatoms. The first kappa shape index (κ1) is 24.1. The van der Waals surface area contributed by atoms with Crippen LogP contribution >= 0.6 is 0 Å².